The molecule has 0 aromatic carbocycles. The Labute approximate surface area is 151 Å². The number of ketones is 1. The average Bonchev–Trinajstić information content (AvgIpc) is 2.81. The van der Waals surface area contributed by atoms with E-state index in [0.717, 1.165) is 24.2 Å². The molecule has 3 atom stereocenters. The third-order valence-corrected chi connectivity index (χ3v) is 5.05. The van der Waals surface area contributed by atoms with Crippen LogP contribution in [-0.2, 0) is 19.1 Å². The molecule has 1 aliphatic heterocycles. The Morgan fingerprint density at radius 2 is 2.15 bits per heavy atom. The lowest BCUT2D eigenvalue weighted by molar-refractivity contribution is -0.151. The van der Waals surface area contributed by atoms with E-state index in [4.69, 9.17) is 15.4 Å². The van der Waals surface area contributed by atoms with Crippen LogP contribution in [0.2, 0.25) is 0 Å². The van der Waals surface area contributed by atoms with Crippen molar-refractivity contribution >= 4 is 29.4 Å². The van der Waals surface area contributed by atoms with Crippen LogP contribution in [0, 0.1) is 28.6 Å². The molecule has 2 N–H and O–H groups in total. The topological polar surface area (TPSA) is 140 Å². The van der Waals surface area contributed by atoms with Gasteiger partial charge in [0.05, 0.1) is 6.07 Å². The second-order valence-corrected chi connectivity index (χ2v) is 6.81. The molecule has 0 unspecified atom stereocenters. The molecular formula is C17H22N4O5. The molecule has 9 heteroatoms. The third kappa shape index (κ3) is 3.59. The van der Waals surface area contributed by atoms with Crippen LogP contribution in [0.5, 0.6) is 0 Å². The number of nitriles is 1. The van der Waals surface area contributed by atoms with Gasteiger partial charge in [-0.15, -0.1) is 0 Å². The van der Waals surface area contributed by atoms with Crippen molar-refractivity contribution in [3.05, 3.63) is 0 Å². The van der Waals surface area contributed by atoms with E-state index < -0.39 is 48.3 Å². The van der Waals surface area contributed by atoms with Gasteiger partial charge in [-0.2, -0.15) is 5.26 Å². The minimum Gasteiger partial charge on any atom is -0.456 e. The number of esters is 1. The molecule has 1 aliphatic carbocycles. The molecule has 9 nitrogen and oxygen atoms in total. The highest BCUT2D eigenvalue weighted by atomic mass is 16.5. The zero-order chi connectivity index (χ0) is 19.5. The third-order valence-electron chi connectivity index (χ3n) is 5.05. The summed E-state index contributed by atoms with van der Waals surface area (Å²) in [7, 11) is 0. The van der Waals surface area contributed by atoms with Gasteiger partial charge in [0.15, 0.2) is 12.4 Å². The van der Waals surface area contributed by atoms with Crippen molar-refractivity contribution in [3.63, 3.8) is 0 Å². The van der Waals surface area contributed by atoms with Gasteiger partial charge in [0.25, 0.3) is 5.91 Å². The quantitative estimate of drug-likeness (QED) is 0.406. The second kappa shape index (κ2) is 7.64. The molecule has 0 radical (unpaired) electrons. The van der Waals surface area contributed by atoms with Crippen molar-refractivity contribution < 1.29 is 23.9 Å². The number of Topliss-reactive ketones (excluding diaryl/α,β-unsaturated/α-hetero) is 1. The monoisotopic (exact) mass is 362 g/mol. The summed E-state index contributed by atoms with van der Waals surface area (Å²) in [5.74, 6) is -3.37. The van der Waals surface area contributed by atoms with Gasteiger partial charge in [0, 0.05) is 5.71 Å². The maximum absolute atomic E-state index is 12.7. The number of amides is 3. The number of rotatable bonds is 6. The molecule has 2 aliphatic rings. The number of nitrogens with one attached hydrogen (secondary N) is 2. The number of carbonyl (C=O) groups excluding carboxylic acids is 4. The van der Waals surface area contributed by atoms with Crippen LogP contribution in [0.3, 0.4) is 0 Å². The van der Waals surface area contributed by atoms with Crippen molar-refractivity contribution in [1.29, 1.82) is 10.7 Å². The number of ether oxygens (including phenoxy) is 1. The van der Waals surface area contributed by atoms with Gasteiger partial charge in [-0.25, -0.2) is 4.79 Å². The highest BCUT2D eigenvalue weighted by Gasteiger charge is 2.55. The van der Waals surface area contributed by atoms with Crippen LogP contribution in [0.15, 0.2) is 0 Å². The maximum atomic E-state index is 12.7. The van der Waals surface area contributed by atoms with E-state index in [-0.39, 0.29) is 11.6 Å². The molecule has 2 rings (SSSR count). The Balaban J connectivity index is 1.96. The number of hydrogen-bond acceptors (Lipinski definition) is 7. The first kappa shape index (κ1) is 19.6. The van der Waals surface area contributed by atoms with Crippen LogP contribution in [-0.4, -0.2) is 53.0 Å². The Hall–Kier alpha value is -2.76. The van der Waals surface area contributed by atoms with E-state index >= 15 is 0 Å². The molecule has 1 saturated carbocycles. The smallest absolute Gasteiger partial charge is 0.326 e. The zero-order valence-corrected chi connectivity index (χ0v) is 14.8. The molecule has 0 aromatic rings. The van der Waals surface area contributed by atoms with E-state index in [0.29, 0.717) is 6.42 Å². The predicted molar refractivity (Wildman–Crippen MR) is 89.1 cm³/mol. The molecule has 1 heterocycles. The Kier molecular flexibility index (Phi) is 5.75. The van der Waals surface area contributed by atoms with Crippen molar-refractivity contribution in [2.45, 2.75) is 45.1 Å². The summed E-state index contributed by atoms with van der Waals surface area (Å²) < 4.78 is 4.79. The van der Waals surface area contributed by atoms with E-state index in [9.17, 15) is 19.2 Å². The van der Waals surface area contributed by atoms with Crippen LogP contribution >= 0.6 is 0 Å². The first-order chi connectivity index (χ1) is 12.2. The summed E-state index contributed by atoms with van der Waals surface area (Å²) >= 11 is 0. The lowest BCUT2D eigenvalue weighted by atomic mass is 9.73. The van der Waals surface area contributed by atoms with Crippen molar-refractivity contribution in [2.24, 2.45) is 11.8 Å². The number of imide groups is 1. The minimum absolute atomic E-state index is 0.0257. The van der Waals surface area contributed by atoms with E-state index in [1.54, 1.807) is 6.07 Å². The van der Waals surface area contributed by atoms with E-state index in [1.165, 1.54) is 6.92 Å². The second-order valence-electron chi connectivity index (χ2n) is 6.81. The zero-order valence-electron chi connectivity index (χ0n) is 14.8. The summed E-state index contributed by atoms with van der Waals surface area (Å²) in [6, 6.07) is 1.02. The lowest BCUT2D eigenvalue weighted by Crippen LogP contribution is -2.54. The first-order valence-electron chi connectivity index (χ1n) is 8.50. The molecule has 3 amide bonds. The summed E-state index contributed by atoms with van der Waals surface area (Å²) in [5.41, 5.74) is -1.11. The number of carbonyl (C=O) groups is 4. The largest absolute Gasteiger partial charge is 0.456 e. The van der Waals surface area contributed by atoms with Gasteiger partial charge in [-0.1, -0.05) is 19.8 Å². The van der Waals surface area contributed by atoms with Crippen LogP contribution < -0.4 is 5.32 Å². The number of hydrogen-bond donors (Lipinski definition) is 2. The average molecular weight is 362 g/mol. The fourth-order valence-electron chi connectivity index (χ4n) is 3.46. The number of urea groups is 1. The minimum atomic E-state index is -1.27. The van der Waals surface area contributed by atoms with Gasteiger partial charge < -0.3 is 15.5 Å². The highest BCUT2D eigenvalue weighted by Crippen LogP contribution is 2.38. The summed E-state index contributed by atoms with van der Waals surface area (Å²) in [4.78, 5) is 49.4. The van der Waals surface area contributed by atoms with Crippen LogP contribution in [0.25, 0.3) is 0 Å². The van der Waals surface area contributed by atoms with Gasteiger partial charge in [0.1, 0.15) is 18.0 Å². The van der Waals surface area contributed by atoms with E-state index in [2.05, 4.69) is 5.32 Å². The molecule has 140 valence electrons. The molecule has 0 aromatic heterocycles. The number of nitrogens with zero attached hydrogens (tertiary/aromatic N) is 2. The van der Waals surface area contributed by atoms with Gasteiger partial charge >= 0.3 is 12.0 Å². The van der Waals surface area contributed by atoms with Crippen LogP contribution in [0.1, 0.15) is 39.5 Å². The van der Waals surface area contributed by atoms with E-state index in [1.807, 2.05) is 6.92 Å². The summed E-state index contributed by atoms with van der Waals surface area (Å²) in [5, 5.41) is 18.9. The first-order valence-corrected chi connectivity index (χ1v) is 8.50. The van der Waals surface area contributed by atoms with Gasteiger partial charge in [-0.3, -0.25) is 19.3 Å². The van der Waals surface area contributed by atoms with Gasteiger partial charge in [-0.05, 0) is 25.7 Å². The summed E-state index contributed by atoms with van der Waals surface area (Å²) in [6.45, 7) is 1.94. The van der Waals surface area contributed by atoms with Crippen LogP contribution in [0.4, 0.5) is 4.79 Å². The fourth-order valence-corrected chi connectivity index (χ4v) is 3.46. The molecule has 2 fully saturated rings. The lowest BCUT2D eigenvalue weighted by Gasteiger charge is -2.36. The molecular weight excluding hydrogens is 340 g/mol. The Morgan fingerprint density at radius 1 is 1.46 bits per heavy atom. The normalized spacial score (nSPS) is 26.2. The van der Waals surface area contributed by atoms with Crippen molar-refractivity contribution in [3.8, 4) is 6.07 Å². The predicted octanol–water partition coefficient (Wildman–Crippen LogP) is 0.779. The molecule has 1 saturated heterocycles. The Morgan fingerprint density at radius 3 is 2.73 bits per heavy atom. The molecule has 1 spiro atoms. The molecule has 0 bridgehead atoms. The Bertz CT molecular complexity index is 698. The SMILES string of the molecule is CC(=N)[C@H](C#N)C(=O)COC(=O)CN1C(=O)N[C@@]2(CCCC[C@H]2C)C1=O. The summed E-state index contributed by atoms with van der Waals surface area (Å²) in [6.07, 6.45) is 3.16. The maximum Gasteiger partial charge on any atom is 0.326 e. The van der Waals surface area contributed by atoms with Crippen molar-refractivity contribution in [1.82, 2.24) is 10.2 Å². The van der Waals surface area contributed by atoms with Crippen molar-refractivity contribution in [2.75, 3.05) is 13.2 Å². The molecule has 26 heavy (non-hydrogen) atoms. The fraction of sp³-hybridized carbons (Fsp3) is 0.647. The highest BCUT2D eigenvalue weighted by molar-refractivity contribution is 6.09. The standard InChI is InChI=1S/C17H22N4O5/c1-10-5-3-4-6-17(10)15(24)21(16(25)20-17)8-14(23)26-9-13(22)12(7-18)11(2)19/h10,12,19H,3-6,8-9H2,1-2H3,(H,20,25)/t10-,12+,17-/m1/s1. The van der Waals surface area contributed by atoms with Gasteiger partial charge in [0.2, 0.25) is 0 Å².